The first-order chi connectivity index (χ1) is 17.8. The van der Waals surface area contributed by atoms with E-state index in [1.807, 2.05) is 6.07 Å². The monoisotopic (exact) mass is 535 g/mol. The molecule has 10 nitrogen and oxygen atoms in total. The number of carbonyl (C=O) groups is 2. The summed E-state index contributed by atoms with van der Waals surface area (Å²) in [5, 5.41) is 21.5. The van der Waals surface area contributed by atoms with Crippen LogP contribution >= 0.6 is 11.6 Å². The lowest BCUT2D eigenvalue weighted by molar-refractivity contribution is -0.139. The molecule has 3 aromatic carbocycles. The van der Waals surface area contributed by atoms with Crippen molar-refractivity contribution in [2.45, 2.75) is 12.5 Å². The highest BCUT2D eigenvalue weighted by atomic mass is 35.5. The van der Waals surface area contributed by atoms with Crippen molar-refractivity contribution in [2.24, 2.45) is 0 Å². The number of benzene rings is 3. The number of aliphatic carboxylic acids is 1. The predicted octanol–water partition coefficient (Wildman–Crippen LogP) is 3.86. The van der Waals surface area contributed by atoms with Crippen molar-refractivity contribution in [2.75, 3.05) is 4.31 Å². The van der Waals surface area contributed by atoms with Gasteiger partial charge in [-0.1, -0.05) is 23.7 Å². The van der Waals surface area contributed by atoms with Crippen molar-refractivity contribution in [1.29, 1.82) is 5.26 Å². The number of nitrogens with one attached hydrogen (secondary N) is 1. The summed E-state index contributed by atoms with van der Waals surface area (Å²) in [7, 11) is 0. The minimum Gasteiger partial charge on any atom is -0.480 e. The molecule has 37 heavy (non-hydrogen) atoms. The van der Waals surface area contributed by atoms with Crippen LogP contribution in [0.5, 0.6) is 0 Å². The van der Waals surface area contributed by atoms with E-state index in [-0.39, 0.29) is 28.4 Å². The number of anilines is 2. The van der Waals surface area contributed by atoms with E-state index in [9.17, 15) is 23.5 Å². The highest BCUT2D eigenvalue weighted by Crippen LogP contribution is 2.33. The third kappa shape index (κ3) is 5.90. The van der Waals surface area contributed by atoms with Gasteiger partial charge in [0.2, 0.25) is 0 Å². The molecule has 2 unspecified atom stereocenters. The number of hydrogen-bond donors (Lipinski definition) is 3. The Balaban J connectivity index is 1.70. The fraction of sp³-hybridized carbons (Fsp3) is 0.0800. The zero-order chi connectivity index (χ0) is 26.5. The largest absolute Gasteiger partial charge is 0.480 e. The van der Waals surface area contributed by atoms with E-state index in [1.54, 1.807) is 24.3 Å². The van der Waals surface area contributed by atoms with Gasteiger partial charge in [-0.2, -0.15) is 5.26 Å². The second-order valence-electron chi connectivity index (χ2n) is 7.80. The van der Waals surface area contributed by atoms with Crippen LogP contribution in [0.4, 0.5) is 11.4 Å². The fourth-order valence-corrected chi connectivity index (χ4v) is 4.48. The van der Waals surface area contributed by atoms with Gasteiger partial charge in [-0.15, -0.1) is 0 Å². The summed E-state index contributed by atoms with van der Waals surface area (Å²) in [5.74, 6) is -2.09. The Labute approximate surface area is 218 Å². The first-order valence-electron chi connectivity index (χ1n) is 10.7. The van der Waals surface area contributed by atoms with Gasteiger partial charge >= 0.3 is 5.97 Å². The van der Waals surface area contributed by atoms with E-state index in [4.69, 9.17) is 16.9 Å². The van der Waals surface area contributed by atoms with Crippen LogP contribution in [0.15, 0.2) is 73.1 Å². The van der Waals surface area contributed by atoms with Crippen LogP contribution in [0.1, 0.15) is 21.5 Å². The molecule has 0 aliphatic rings. The number of nitriles is 1. The predicted molar refractivity (Wildman–Crippen MR) is 138 cm³/mol. The van der Waals surface area contributed by atoms with Crippen LogP contribution in [0, 0.1) is 11.3 Å². The van der Waals surface area contributed by atoms with Crippen LogP contribution in [-0.4, -0.2) is 41.8 Å². The zero-order valence-electron chi connectivity index (χ0n) is 18.9. The van der Waals surface area contributed by atoms with Crippen LogP contribution in [-0.2, 0) is 22.5 Å². The number of amides is 1. The molecule has 0 aliphatic heterocycles. The first kappa shape index (κ1) is 25.7. The Bertz CT molecular complexity index is 1570. The summed E-state index contributed by atoms with van der Waals surface area (Å²) in [6, 6.07) is 15.8. The first-order valence-corrected chi connectivity index (χ1v) is 12.1. The number of carbonyl (C=O) groups excluding carboxylic acids is 1. The molecule has 4 aromatic rings. The molecular formula is C25H18ClN5O5S. The average Bonchev–Trinajstić information content (AvgIpc) is 2.88. The Kier molecular flexibility index (Phi) is 7.74. The third-order valence-corrected chi connectivity index (χ3v) is 6.32. The van der Waals surface area contributed by atoms with Crippen LogP contribution in [0.3, 0.4) is 0 Å². The van der Waals surface area contributed by atoms with Crippen molar-refractivity contribution in [3.8, 4) is 6.07 Å². The highest BCUT2D eigenvalue weighted by molar-refractivity contribution is 7.81. The maximum atomic E-state index is 13.3. The number of hydrogen-bond acceptors (Lipinski definition) is 6. The van der Waals surface area contributed by atoms with E-state index in [2.05, 4.69) is 15.3 Å². The quantitative estimate of drug-likeness (QED) is 0.287. The number of halogens is 1. The Morgan fingerprint density at radius 3 is 2.54 bits per heavy atom. The minimum atomic E-state index is -2.64. The van der Waals surface area contributed by atoms with Gasteiger partial charge in [-0.05, 0) is 54.1 Å². The van der Waals surface area contributed by atoms with Gasteiger partial charge in [0.25, 0.3) is 17.2 Å². The van der Waals surface area contributed by atoms with Gasteiger partial charge < -0.3 is 10.4 Å². The summed E-state index contributed by atoms with van der Waals surface area (Å²) in [4.78, 5) is 33.6. The average molecular weight is 536 g/mol. The molecule has 12 heteroatoms. The van der Waals surface area contributed by atoms with Gasteiger partial charge in [-0.3, -0.25) is 19.3 Å². The lowest BCUT2D eigenvalue weighted by atomic mass is 10.0. The molecule has 0 saturated heterocycles. The smallest absolute Gasteiger partial charge is 0.326 e. The SMILES string of the molecule is N#Cc1cccc(CC(NC(=O)c2ccc(Cl)cc2N(c2ccc3nccnc3c2)S(=O)O)C(=O)O)c1. The summed E-state index contributed by atoms with van der Waals surface area (Å²) in [6.07, 6.45) is 2.90. The van der Waals surface area contributed by atoms with Gasteiger partial charge in [0.1, 0.15) is 6.04 Å². The van der Waals surface area contributed by atoms with Gasteiger partial charge in [0.05, 0.1) is 39.6 Å². The molecule has 0 spiro atoms. The Morgan fingerprint density at radius 2 is 1.84 bits per heavy atom. The molecule has 2 atom stereocenters. The molecule has 3 N–H and O–H groups in total. The minimum absolute atomic E-state index is 0.0234. The Hall–Kier alpha value is -4.37. The molecular weight excluding hydrogens is 518 g/mol. The molecule has 0 saturated carbocycles. The van der Waals surface area contributed by atoms with E-state index < -0.39 is 29.2 Å². The summed E-state index contributed by atoms with van der Waals surface area (Å²) in [5.41, 5.74) is 2.03. The standard InChI is InChI=1S/C25H18ClN5O5S/c26-17-4-6-19(24(32)30-22(25(33)34)11-15-2-1-3-16(10-15)14-27)23(12-17)31(37(35)36)18-5-7-20-21(13-18)29-9-8-28-20/h1-10,12-13,22H,11H2,(H,30,32)(H,33,34)(H,35,36). The van der Waals surface area contributed by atoms with Gasteiger partial charge in [0, 0.05) is 23.8 Å². The van der Waals surface area contributed by atoms with Gasteiger partial charge in [0.15, 0.2) is 0 Å². The number of fused-ring (bicyclic) bond motifs is 1. The molecule has 0 radical (unpaired) electrons. The van der Waals surface area contributed by atoms with Crippen molar-refractivity contribution in [3.05, 3.63) is 94.8 Å². The molecule has 0 aliphatic carbocycles. The van der Waals surface area contributed by atoms with E-state index in [0.29, 0.717) is 22.2 Å². The van der Waals surface area contributed by atoms with Crippen molar-refractivity contribution < 1.29 is 23.5 Å². The number of rotatable bonds is 8. The van der Waals surface area contributed by atoms with E-state index in [0.717, 1.165) is 4.31 Å². The molecule has 0 bridgehead atoms. The number of carboxylic acid groups (broad SMARTS) is 1. The van der Waals surface area contributed by atoms with Crippen LogP contribution in [0.25, 0.3) is 11.0 Å². The zero-order valence-corrected chi connectivity index (χ0v) is 20.5. The maximum absolute atomic E-state index is 13.3. The number of nitrogens with zero attached hydrogens (tertiary/aromatic N) is 4. The second kappa shape index (κ2) is 11.1. The molecule has 1 aromatic heterocycles. The van der Waals surface area contributed by atoms with Crippen molar-refractivity contribution >= 4 is 57.2 Å². The highest BCUT2D eigenvalue weighted by Gasteiger charge is 2.27. The van der Waals surface area contributed by atoms with E-state index >= 15 is 0 Å². The lowest BCUT2D eigenvalue weighted by Gasteiger charge is -2.24. The lowest BCUT2D eigenvalue weighted by Crippen LogP contribution is -2.42. The number of carboxylic acids is 1. The molecule has 186 valence electrons. The molecule has 4 rings (SSSR count). The van der Waals surface area contributed by atoms with Crippen LogP contribution < -0.4 is 9.62 Å². The second-order valence-corrected chi connectivity index (χ2v) is 9.06. The maximum Gasteiger partial charge on any atom is 0.326 e. The van der Waals surface area contributed by atoms with Gasteiger partial charge in [-0.25, -0.2) is 13.3 Å². The number of aromatic nitrogens is 2. The molecule has 0 fully saturated rings. The van der Waals surface area contributed by atoms with Crippen molar-refractivity contribution in [3.63, 3.8) is 0 Å². The summed E-state index contributed by atoms with van der Waals surface area (Å²) >= 11 is 3.52. The normalized spacial score (nSPS) is 12.4. The third-order valence-electron chi connectivity index (χ3n) is 5.37. The fourth-order valence-electron chi connectivity index (χ4n) is 3.70. The Morgan fingerprint density at radius 1 is 1.08 bits per heavy atom. The molecule has 1 heterocycles. The van der Waals surface area contributed by atoms with E-state index in [1.165, 1.54) is 48.8 Å². The van der Waals surface area contributed by atoms with Crippen LogP contribution in [0.2, 0.25) is 5.02 Å². The topological polar surface area (TPSA) is 157 Å². The summed E-state index contributed by atoms with van der Waals surface area (Å²) in [6.45, 7) is 0. The molecule has 1 amide bonds. The van der Waals surface area contributed by atoms with Crippen molar-refractivity contribution in [1.82, 2.24) is 15.3 Å². The summed E-state index contributed by atoms with van der Waals surface area (Å²) < 4.78 is 23.6.